The van der Waals surface area contributed by atoms with Gasteiger partial charge in [0.1, 0.15) is 0 Å². The van der Waals surface area contributed by atoms with Gasteiger partial charge in [0.25, 0.3) is 5.56 Å². The van der Waals surface area contributed by atoms with Crippen LogP contribution >= 0.6 is 12.2 Å². The van der Waals surface area contributed by atoms with E-state index in [0.717, 1.165) is 17.2 Å². The van der Waals surface area contributed by atoms with Gasteiger partial charge in [0.15, 0.2) is 10.7 Å². The molecule has 5 heteroatoms. The summed E-state index contributed by atoms with van der Waals surface area (Å²) in [4.78, 5) is 14.0. The van der Waals surface area contributed by atoms with Crippen LogP contribution in [0.25, 0.3) is 0 Å². The molecule has 3 aromatic rings. The number of aromatic amines is 1. The molecule has 4 nitrogen and oxygen atoms in total. The van der Waals surface area contributed by atoms with Crippen LogP contribution in [0.5, 0.6) is 5.88 Å². The number of hydrogen-bond acceptors (Lipinski definition) is 3. The van der Waals surface area contributed by atoms with E-state index in [1.54, 1.807) is 4.57 Å². The average molecular weight is 310 g/mol. The van der Waals surface area contributed by atoms with Crippen LogP contribution in [0.15, 0.2) is 71.5 Å². The fourth-order valence-corrected chi connectivity index (χ4v) is 2.80. The van der Waals surface area contributed by atoms with Crippen molar-refractivity contribution in [1.82, 2.24) is 9.55 Å². The molecule has 0 aliphatic rings. The maximum Gasteiger partial charge on any atom is 0.255 e. The Bertz CT molecular complexity index is 846. The number of H-pyrrole nitrogens is 1. The molecule has 1 heterocycles. The van der Waals surface area contributed by atoms with Crippen LogP contribution in [0.2, 0.25) is 0 Å². The van der Waals surface area contributed by atoms with Gasteiger partial charge < -0.3 is 5.11 Å². The standard InChI is InChI=1S/C17H14N2O2S/c20-14-11-15(21)19(17(22)18-14)16(12-7-3-1-4-8-12)13-9-5-2-6-10-13/h1-11,16,21H,(H,18,20,22). The van der Waals surface area contributed by atoms with E-state index < -0.39 is 5.56 Å². The molecule has 110 valence electrons. The van der Waals surface area contributed by atoms with Gasteiger partial charge in [-0.1, -0.05) is 60.7 Å². The molecular formula is C17H14N2O2S. The minimum atomic E-state index is -0.418. The second-order valence-electron chi connectivity index (χ2n) is 4.89. The maximum atomic E-state index is 11.5. The number of benzene rings is 2. The number of rotatable bonds is 3. The number of hydrogen-bond donors (Lipinski definition) is 2. The molecule has 22 heavy (non-hydrogen) atoms. The van der Waals surface area contributed by atoms with Gasteiger partial charge in [0.2, 0.25) is 0 Å². The summed E-state index contributed by atoms with van der Waals surface area (Å²) in [6.45, 7) is 0. The van der Waals surface area contributed by atoms with Crippen molar-refractivity contribution in [3.8, 4) is 5.88 Å². The normalized spacial score (nSPS) is 10.8. The lowest BCUT2D eigenvalue weighted by Crippen LogP contribution is -2.18. The van der Waals surface area contributed by atoms with E-state index in [9.17, 15) is 9.90 Å². The molecule has 0 amide bonds. The van der Waals surface area contributed by atoms with E-state index in [2.05, 4.69) is 4.98 Å². The maximum absolute atomic E-state index is 11.5. The van der Waals surface area contributed by atoms with Crippen molar-refractivity contribution in [2.45, 2.75) is 6.04 Å². The fraction of sp³-hybridized carbons (Fsp3) is 0.0588. The van der Waals surface area contributed by atoms with Crippen molar-refractivity contribution in [1.29, 1.82) is 0 Å². The second kappa shape index (κ2) is 5.99. The Hall–Kier alpha value is -2.66. The summed E-state index contributed by atoms with van der Waals surface area (Å²) in [5.74, 6) is -0.161. The van der Waals surface area contributed by atoms with Gasteiger partial charge in [-0.05, 0) is 23.3 Å². The summed E-state index contributed by atoms with van der Waals surface area (Å²) < 4.78 is 1.73. The van der Waals surface area contributed by atoms with Crippen molar-refractivity contribution in [2.24, 2.45) is 0 Å². The summed E-state index contributed by atoms with van der Waals surface area (Å²) in [5, 5.41) is 10.2. The zero-order valence-electron chi connectivity index (χ0n) is 11.6. The first kappa shape index (κ1) is 14.3. The molecule has 0 atom stereocenters. The van der Waals surface area contributed by atoms with E-state index in [1.165, 1.54) is 0 Å². The SMILES string of the molecule is O=c1cc(O)n(C(c2ccccc2)c2ccccc2)c(=S)[nH]1. The lowest BCUT2D eigenvalue weighted by molar-refractivity contribution is 0.399. The highest BCUT2D eigenvalue weighted by molar-refractivity contribution is 7.71. The van der Waals surface area contributed by atoms with E-state index in [1.807, 2.05) is 60.7 Å². The number of nitrogens with one attached hydrogen (secondary N) is 1. The molecule has 0 spiro atoms. The summed E-state index contributed by atoms with van der Waals surface area (Å²) in [6, 6.07) is 20.2. The van der Waals surface area contributed by atoms with Crippen LogP contribution in [0.1, 0.15) is 17.2 Å². The Kier molecular flexibility index (Phi) is 3.89. The third kappa shape index (κ3) is 2.71. The minimum absolute atomic E-state index is 0.161. The van der Waals surface area contributed by atoms with Gasteiger partial charge in [-0.2, -0.15) is 0 Å². The molecule has 0 fully saturated rings. The topological polar surface area (TPSA) is 58.0 Å². The predicted molar refractivity (Wildman–Crippen MR) is 87.7 cm³/mol. The molecule has 0 bridgehead atoms. The number of nitrogens with zero attached hydrogens (tertiary/aromatic N) is 1. The molecule has 2 aromatic carbocycles. The largest absolute Gasteiger partial charge is 0.494 e. The highest BCUT2D eigenvalue weighted by atomic mass is 32.1. The minimum Gasteiger partial charge on any atom is -0.494 e. The van der Waals surface area contributed by atoms with Crippen LogP contribution in [-0.2, 0) is 0 Å². The average Bonchev–Trinajstić information content (AvgIpc) is 2.52. The summed E-state index contributed by atoms with van der Waals surface area (Å²) in [7, 11) is 0. The Labute approximate surface area is 132 Å². The first-order valence-corrected chi connectivity index (χ1v) is 7.22. The van der Waals surface area contributed by atoms with Crippen LogP contribution in [-0.4, -0.2) is 14.7 Å². The molecule has 0 saturated carbocycles. The quantitative estimate of drug-likeness (QED) is 0.730. The molecule has 3 rings (SSSR count). The Morgan fingerprint density at radius 1 is 0.955 bits per heavy atom. The first-order chi connectivity index (χ1) is 10.7. The van der Waals surface area contributed by atoms with Crippen molar-refractivity contribution >= 4 is 12.2 Å². The lowest BCUT2D eigenvalue weighted by atomic mass is 9.98. The molecule has 0 aliphatic carbocycles. The third-order valence-corrected chi connectivity index (χ3v) is 3.74. The van der Waals surface area contributed by atoms with E-state index in [0.29, 0.717) is 0 Å². The molecule has 1 aromatic heterocycles. The van der Waals surface area contributed by atoms with Gasteiger partial charge in [0, 0.05) is 0 Å². The third-order valence-electron chi connectivity index (χ3n) is 3.44. The summed E-state index contributed by atoms with van der Waals surface area (Å²) >= 11 is 5.25. The first-order valence-electron chi connectivity index (χ1n) is 6.81. The van der Waals surface area contributed by atoms with Crippen molar-refractivity contribution in [3.63, 3.8) is 0 Å². The molecule has 2 N–H and O–H groups in total. The van der Waals surface area contributed by atoms with Gasteiger partial charge in [-0.25, -0.2) is 0 Å². The van der Waals surface area contributed by atoms with E-state index in [-0.39, 0.29) is 16.7 Å². The second-order valence-corrected chi connectivity index (χ2v) is 5.28. The summed E-state index contributed by atoms with van der Waals surface area (Å²) in [5.41, 5.74) is 1.51. The zero-order chi connectivity index (χ0) is 15.5. The van der Waals surface area contributed by atoms with Gasteiger partial charge >= 0.3 is 0 Å². The van der Waals surface area contributed by atoms with Crippen LogP contribution in [0.4, 0.5) is 0 Å². The van der Waals surface area contributed by atoms with Crippen molar-refractivity contribution in [2.75, 3.05) is 0 Å². The molecule has 0 unspecified atom stereocenters. The smallest absolute Gasteiger partial charge is 0.255 e. The summed E-state index contributed by atoms with van der Waals surface area (Å²) in [6.07, 6.45) is 0. The van der Waals surface area contributed by atoms with Crippen LogP contribution in [0, 0.1) is 4.77 Å². The fourth-order valence-electron chi connectivity index (χ4n) is 2.50. The predicted octanol–water partition coefficient (Wildman–Crippen LogP) is 3.25. The van der Waals surface area contributed by atoms with Gasteiger partial charge in [0.05, 0.1) is 12.1 Å². The molecule has 0 aliphatic heterocycles. The molecule has 0 radical (unpaired) electrons. The highest BCUT2D eigenvalue weighted by Crippen LogP contribution is 2.29. The number of aromatic hydroxyl groups is 1. The van der Waals surface area contributed by atoms with E-state index in [4.69, 9.17) is 12.2 Å². The van der Waals surface area contributed by atoms with Crippen molar-refractivity contribution in [3.05, 3.63) is 93.0 Å². The molecule has 0 saturated heterocycles. The molecular weight excluding hydrogens is 296 g/mol. The highest BCUT2D eigenvalue weighted by Gasteiger charge is 2.19. The number of aromatic nitrogens is 2. The Morgan fingerprint density at radius 3 is 1.91 bits per heavy atom. The Balaban J connectivity index is 2.28. The van der Waals surface area contributed by atoms with Gasteiger partial charge in [-0.3, -0.25) is 14.3 Å². The van der Waals surface area contributed by atoms with Gasteiger partial charge in [-0.15, -0.1) is 0 Å². The van der Waals surface area contributed by atoms with E-state index >= 15 is 0 Å². The monoisotopic (exact) mass is 310 g/mol. The van der Waals surface area contributed by atoms with Crippen LogP contribution < -0.4 is 5.56 Å². The Morgan fingerprint density at radius 2 is 1.45 bits per heavy atom. The zero-order valence-corrected chi connectivity index (χ0v) is 12.5. The van der Waals surface area contributed by atoms with Crippen molar-refractivity contribution < 1.29 is 5.11 Å². The lowest BCUT2D eigenvalue weighted by Gasteiger charge is -2.22. The van der Waals surface area contributed by atoms with Crippen LogP contribution in [0.3, 0.4) is 0 Å².